The number of hydrogen-bond acceptors (Lipinski definition) is 2. The molecule has 1 aromatic heterocycles. The minimum atomic E-state index is -2.97. The third kappa shape index (κ3) is 1.61. The number of aromatic nitrogens is 1. The quantitative estimate of drug-likeness (QED) is 0.702. The minimum absolute atomic E-state index is 0.497. The van der Waals surface area contributed by atoms with E-state index in [1.165, 1.54) is 0 Å². The Hall–Kier alpha value is -0.970. The molecule has 0 aliphatic heterocycles. The van der Waals surface area contributed by atoms with E-state index < -0.39 is 28.8 Å². The maximum absolute atomic E-state index is 12.4. The fraction of sp³-hybridized carbons (Fsp3) is 0.167. The molecule has 0 aromatic carbocycles. The first kappa shape index (κ1) is 9.12. The van der Waals surface area contributed by atoms with E-state index in [2.05, 4.69) is 4.98 Å². The topological polar surface area (TPSA) is 33.1 Å². The van der Waals surface area contributed by atoms with E-state index in [9.17, 15) is 13.2 Å². The standard InChI is InChI=1S/C6H3ClF3NO/c7-5-2(8)1-3(12)4(11-5)6(9)10/h1,6,12H. The van der Waals surface area contributed by atoms with Crippen molar-refractivity contribution in [2.24, 2.45) is 0 Å². The lowest BCUT2D eigenvalue weighted by Crippen LogP contribution is -1.93. The molecule has 1 N–H and O–H groups in total. The molecule has 0 saturated heterocycles. The van der Waals surface area contributed by atoms with E-state index in [4.69, 9.17) is 16.7 Å². The molecule has 0 fully saturated rings. The van der Waals surface area contributed by atoms with Crippen molar-refractivity contribution in [1.29, 1.82) is 0 Å². The van der Waals surface area contributed by atoms with Crippen molar-refractivity contribution in [3.63, 3.8) is 0 Å². The second-order valence-corrected chi connectivity index (χ2v) is 2.32. The Bertz CT molecular complexity index is 305. The normalized spacial score (nSPS) is 10.8. The van der Waals surface area contributed by atoms with Gasteiger partial charge in [0.05, 0.1) is 0 Å². The summed E-state index contributed by atoms with van der Waals surface area (Å²) < 4.78 is 36.3. The lowest BCUT2D eigenvalue weighted by Gasteiger charge is -2.02. The van der Waals surface area contributed by atoms with Crippen LogP contribution in [0.25, 0.3) is 0 Å². The van der Waals surface area contributed by atoms with Gasteiger partial charge in [0.2, 0.25) is 0 Å². The Labute approximate surface area is 70.6 Å². The van der Waals surface area contributed by atoms with Crippen molar-refractivity contribution in [2.45, 2.75) is 6.43 Å². The van der Waals surface area contributed by atoms with Gasteiger partial charge in [-0.15, -0.1) is 0 Å². The Balaban J connectivity index is 3.23. The Kier molecular flexibility index (Phi) is 2.42. The zero-order valence-corrected chi connectivity index (χ0v) is 6.32. The van der Waals surface area contributed by atoms with E-state index >= 15 is 0 Å². The zero-order chi connectivity index (χ0) is 9.30. The first-order chi connectivity index (χ1) is 5.52. The van der Waals surface area contributed by atoms with Gasteiger partial charge in [-0.05, 0) is 0 Å². The summed E-state index contributed by atoms with van der Waals surface area (Å²) in [7, 11) is 0. The molecular weight excluding hydrogens is 195 g/mol. The van der Waals surface area contributed by atoms with Gasteiger partial charge in [-0.25, -0.2) is 18.2 Å². The van der Waals surface area contributed by atoms with Gasteiger partial charge in [-0.2, -0.15) is 0 Å². The Morgan fingerprint density at radius 3 is 2.58 bits per heavy atom. The van der Waals surface area contributed by atoms with E-state index in [0.29, 0.717) is 6.07 Å². The smallest absolute Gasteiger partial charge is 0.284 e. The molecule has 0 saturated carbocycles. The van der Waals surface area contributed by atoms with Gasteiger partial charge in [0.25, 0.3) is 6.43 Å². The van der Waals surface area contributed by atoms with Crippen LogP contribution in [0.1, 0.15) is 12.1 Å². The molecule has 1 heterocycles. The number of alkyl halides is 2. The van der Waals surface area contributed by atoms with E-state index in [0.717, 1.165) is 0 Å². The van der Waals surface area contributed by atoms with Crippen molar-refractivity contribution in [2.75, 3.05) is 0 Å². The van der Waals surface area contributed by atoms with Crippen LogP contribution in [-0.4, -0.2) is 10.1 Å². The van der Waals surface area contributed by atoms with Crippen LogP contribution in [0.4, 0.5) is 13.2 Å². The summed E-state index contributed by atoms with van der Waals surface area (Å²) in [5.74, 6) is -1.93. The molecule has 6 heteroatoms. The maximum atomic E-state index is 12.4. The molecule has 1 rings (SSSR count). The maximum Gasteiger partial charge on any atom is 0.284 e. The molecular formula is C6H3ClF3NO. The van der Waals surface area contributed by atoms with Crippen molar-refractivity contribution < 1.29 is 18.3 Å². The van der Waals surface area contributed by atoms with Crippen LogP contribution in [0.15, 0.2) is 6.07 Å². The molecule has 12 heavy (non-hydrogen) atoms. The highest BCUT2D eigenvalue weighted by Crippen LogP contribution is 2.28. The van der Waals surface area contributed by atoms with Crippen LogP contribution in [0.5, 0.6) is 5.75 Å². The molecule has 0 radical (unpaired) electrons. The summed E-state index contributed by atoms with van der Waals surface area (Å²) in [4.78, 5) is 2.96. The average molecular weight is 198 g/mol. The number of rotatable bonds is 1. The fourth-order valence-corrected chi connectivity index (χ4v) is 0.776. The third-order valence-electron chi connectivity index (χ3n) is 1.15. The number of nitrogens with zero attached hydrogens (tertiary/aromatic N) is 1. The summed E-state index contributed by atoms with van der Waals surface area (Å²) in [5, 5.41) is 8.07. The second kappa shape index (κ2) is 3.18. The van der Waals surface area contributed by atoms with Crippen molar-refractivity contribution in [1.82, 2.24) is 4.98 Å². The minimum Gasteiger partial charge on any atom is -0.506 e. The van der Waals surface area contributed by atoms with E-state index in [1.807, 2.05) is 0 Å². The van der Waals surface area contributed by atoms with E-state index in [1.54, 1.807) is 0 Å². The largest absolute Gasteiger partial charge is 0.506 e. The van der Waals surface area contributed by atoms with Crippen LogP contribution in [-0.2, 0) is 0 Å². The lowest BCUT2D eigenvalue weighted by molar-refractivity contribution is 0.141. The molecule has 66 valence electrons. The van der Waals surface area contributed by atoms with Crippen molar-refractivity contribution >= 4 is 11.6 Å². The van der Waals surface area contributed by atoms with Gasteiger partial charge < -0.3 is 5.11 Å². The number of aromatic hydroxyl groups is 1. The van der Waals surface area contributed by atoms with Gasteiger partial charge in [-0.1, -0.05) is 11.6 Å². The highest BCUT2D eigenvalue weighted by Gasteiger charge is 2.17. The third-order valence-corrected chi connectivity index (χ3v) is 1.41. The summed E-state index contributed by atoms with van der Waals surface area (Å²) in [5.41, 5.74) is -0.915. The summed E-state index contributed by atoms with van der Waals surface area (Å²) >= 11 is 5.10. The fourth-order valence-electron chi connectivity index (χ4n) is 0.631. The molecule has 0 unspecified atom stereocenters. The predicted molar refractivity (Wildman–Crippen MR) is 35.8 cm³/mol. The summed E-state index contributed by atoms with van der Waals surface area (Å²) in [6, 6.07) is 0.497. The average Bonchev–Trinajstić information content (AvgIpc) is 1.96. The van der Waals surface area contributed by atoms with Crippen LogP contribution >= 0.6 is 11.6 Å². The predicted octanol–water partition coefficient (Wildman–Crippen LogP) is 2.52. The molecule has 0 aliphatic rings. The van der Waals surface area contributed by atoms with Crippen LogP contribution in [0.3, 0.4) is 0 Å². The first-order valence-electron chi connectivity index (χ1n) is 2.85. The highest BCUT2D eigenvalue weighted by molar-refractivity contribution is 6.29. The van der Waals surface area contributed by atoms with Crippen LogP contribution < -0.4 is 0 Å². The highest BCUT2D eigenvalue weighted by atomic mass is 35.5. The summed E-state index contributed by atoms with van der Waals surface area (Å²) in [6.45, 7) is 0. The lowest BCUT2D eigenvalue weighted by atomic mass is 10.3. The monoisotopic (exact) mass is 197 g/mol. The zero-order valence-electron chi connectivity index (χ0n) is 5.56. The van der Waals surface area contributed by atoms with Gasteiger partial charge in [0.15, 0.2) is 11.0 Å². The molecule has 0 aliphatic carbocycles. The molecule has 2 nitrogen and oxygen atoms in total. The Morgan fingerprint density at radius 1 is 1.50 bits per heavy atom. The van der Waals surface area contributed by atoms with Gasteiger partial charge in [0.1, 0.15) is 11.4 Å². The second-order valence-electron chi connectivity index (χ2n) is 1.97. The molecule has 0 spiro atoms. The van der Waals surface area contributed by atoms with Gasteiger partial charge >= 0.3 is 0 Å². The first-order valence-corrected chi connectivity index (χ1v) is 3.23. The molecule has 0 amide bonds. The molecule has 1 aromatic rings. The molecule has 0 atom stereocenters. The summed E-state index contributed by atoms with van der Waals surface area (Å²) in [6.07, 6.45) is -2.97. The van der Waals surface area contributed by atoms with Crippen LogP contribution in [0, 0.1) is 5.82 Å². The van der Waals surface area contributed by atoms with Gasteiger partial charge in [-0.3, -0.25) is 0 Å². The van der Waals surface area contributed by atoms with Crippen molar-refractivity contribution in [3.8, 4) is 5.75 Å². The molecule has 0 bridgehead atoms. The SMILES string of the molecule is Oc1cc(F)c(Cl)nc1C(F)F. The number of hydrogen-bond donors (Lipinski definition) is 1. The number of halogens is 4. The van der Waals surface area contributed by atoms with Crippen LogP contribution in [0.2, 0.25) is 5.15 Å². The van der Waals surface area contributed by atoms with E-state index in [-0.39, 0.29) is 0 Å². The van der Waals surface area contributed by atoms with Crippen molar-refractivity contribution in [3.05, 3.63) is 22.7 Å². The van der Waals surface area contributed by atoms with Gasteiger partial charge in [0, 0.05) is 6.07 Å². The number of pyridine rings is 1. The Morgan fingerprint density at radius 2 is 2.08 bits per heavy atom.